The van der Waals surface area contributed by atoms with E-state index in [0.717, 1.165) is 16.9 Å². The SMILES string of the molecule is Cc1ccc([N]Nc2c(C)cccc2Cl)cc1. The van der Waals surface area contributed by atoms with Crippen molar-refractivity contribution in [2.75, 3.05) is 5.43 Å². The summed E-state index contributed by atoms with van der Waals surface area (Å²) in [5.41, 5.74) is 11.4. The highest BCUT2D eigenvalue weighted by atomic mass is 35.5. The lowest BCUT2D eigenvalue weighted by molar-refractivity contribution is 1.04. The number of rotatable bonds is 3. The summed E-state index contributed by atoms with van der Waals surface area (Å²) in [6, 6.07) is 13.8. The zero-order chi connectivity index (χ0) is 12.3. The van der Waals surface area contributed by atoms with Gasteiger partial charge in [0.1, 0.15) is 0 Å². The summed E-state index contributed by atoms with van der Waals surface area (Å²) < 4.78 is 0. The molecule has 0 aliphatic rings. The Morgan fingerprint density at radius 1 is 1.00 bits per heavy atom. The molecule has 2 aromatic rings. The molecule has 0 amide bonds. The third-order valence-electron chi connectivity index (χ3n) is 2.55. The number of hydrogen-bond donors (Lipinski definition) is 1. The van der Waals surface area contributed by atoms with Gasteiger partial charge in [-0.2, -0.15) is 5.43 Å². The zero-order valence-corrected chi connectivity index (χ0v) is 10.6. The van der Waals surface area contributed by atoms with Crippen molar-refractivity contribution in [2.45, 2.75) is 13.8 Å². The van der Waals surface area contributed by atoms with E-state index in [0.29, 0.717) is 5.02 Å². The van der Waals surface area contributed by atoms with Gasteiger partial charge in [-0.1, -0.05) is 41.4 Å². The predicted octanol–water partition coefficient (Wildman–Crippen LogP) is 4.22. The van der Waals surface area contributed by atoms with Crippen LogP contribution in [0.2, 0.25) is 5.02 Å². The summed E-state index contributed by atoms with van der Waals surface area (Å²) in [5.74, 6) is 0. The molecule has 2 aromatic carbocycles. The number of benzene rings is 2. The molecule has 0 aliphatic heterocycles. The molecule has 0 heterocycles. The molecule has 1 radical (unpaired) electrons. The first-order chi connectivity index (χ1) is 8.16. The molecule has 1 N–H and O–H groups in total. The first-order valence-corrected chi connectivity index (χ1v) is 5.83. The number of anilines is 1. The summed E-state index contributed by atoms with van der Waals surface area (Å²) in [5, 5.41) is 0.681. The van der Waals surface area contributed by atoms with Gasteiger partial charge in [0, 0.05) is 0 Å². The van der Waals surface area contributed by atoms with Crippen LogP contribution >= 0.6 is 11.6 Å². The van der Waals surface area contributed by atoms with Crippen LogP contribution in [0.15, 0.2) is 42.5 Å². The third-order valence-corrected chi connectivity index (χ3v) is 2.87. The molecule has 0 fully saturated rings. The highest BCUT2D eigenvalue weighted by molar-refractivity contribution is 6.33. The third kappa shape index (κ3) is 2.92. The van der Waals surface area contributed by atoms with Gasteiger partial charge in [-0.3, -0.25) is 5.43 Å². The fourth-order valence-corrected chi connectivity index (χ4v) is 1.78. The van der Waals surface area contributed by atoms with E-state index in [2.05, 4.69) is 17.8 Å². The molecule has 0 saturated heterocycles. The van der Waals surface area contributed by atoms with Crippen molar-refractivity contribution in [3.05, 3.63) is 58.6 Å². The molecular formula is C14H14ClN2. The molecule has 2 nitrogen and oxygen atoms in total. The van der Waals surface area contributed by atoms with Crippen molar-refractivity contribution in [1.82, 2.24) is 5.43 Å². The number of halogens is 1. The van der Waals surface area contributed by atoms with Crippen molar-refractivity contribution in [3.8, 4) is 0 Å². The summed E-state index contributed by atoms with van der Waals surface area (Å²) in [4.78, 5) is 0. The summed E-state index contributed by atoms with van der Waals surface area (Å²) >= 11 is 6.10. The highest BCUT2D eigenvalue weighted by Gasteiger charge is 2.03. The van der Waals surface area contributed by atoms with Crippen molar-refractivity contribution in [2.24, 2.45) is 0 Å². The van der Waals surface area contributed by atoms with Gasteiger partial charge >= 0.3 is 0 Å². The lowest BCUT2D eigenvalue weighted by atomic mass is 10.2. The van der Waals surface area contributed by atoms with Crippen LogP contribution in [0.1, 0.15) is 11.1 Å². The monoisotopic (exact) mass is 245 g/mol. The second-order valence-corrected chi connectivity index (χ2v) is 4.40. The minimum Gasteiger partial charge on any atom is -0.276 e. The van der Waals surface area contributed by atoms with E-state index >= 15 is 0 Å². The summed E-state index contributed by atoms with van der Waals surface area (Å²) in [6.07, 6.45) is 0. The van der Waals surface area contributed by atoms with Gasteiger partial charge in [0.15, 0.2) is 0 Å². The van der Waals surface area contributed by atoms with Crippen molar-refractivity contribution < 1.29 is 0 Å². The van der Waals surface area contributed by atoms with E-state index in [-0.39, 0.29) is 0 Å². The van der Waals surface area contributed by atoms with Crippen LogP contribution in [0, 0.1) is 13.8 Å². The normalized spacial score (nSPS) is 10.1. The molecular weight excluding hydrogens is 232 g/mol. The first-order valence-electron chi connectivity index (χ1n) is 5.45. The maximum absolute atomic E-state index is 6.10. The maximum Gasteiger partial charge on any atom is 0.0833 e. The second kappa shape index (κ2) is 5.11. The minimum absolute atomic E-state index is 0.681. The molecule has 0 atom stereocenters. The molecule has 0 aliphatic carbocycles. The number of nitrogens with zero attached hydrogens (tertiary/aromatic N) is 1. The van der Waals surface area contributed by atoms with Crippen LogP contribution in [0.25, 0.3) is 0 Å². The number of aryl methyl sites for hydroxylation is 2. The van der Waals surface area contributed by atoms with Crippen LogP contribution in [0.5, 0.6) is 0 Å². The molecule has 0 bridgehead atoms. The number of para-hydroxylation sites is 1. The summed E-state index contributed by atoms with van der Waals surface area (Å²) in [6.45, 7) is 4.05. The molecule has 2 rings (SSSR count). The fraction of sp³-hybridized carbons (Fsp3) is 0.143. The lowest BCUT2D eigenvalue weighted by Gasteiger charge is -2.10. The fourth-order valence-electron chi connectivity index (χ4n) is 1.51. The van der Waals surface area contributed by atoms with Crippen molar-refractivity contribution in [3.63, 3.8) is 0 Å². The number of hydrogen-bond acceptors (Lipinski definition) is 1. The van der Waals surface area contributed by atoms with Crippen molar-refractivity contribution >= 4 is 23.0 Å². The van der Waals surface area contributed by atoms with Crippen molar-refractivity contribution in [1.29, 1.82) is 0 Å². The topological polar surface area (TPSA) is 26.1 Å². The predicted molar refractivity (Wildman–Crippen MR) is 72.8 cm³/mol. The van der Waals surface area contributed by atoms with Gasteiger partial charge in [-0.05, 0) is 37.6 Å². The highest BCUT2D eigenvalue weighted by Crippen LogP contribution is 2.25. The quantitative estimate of drug-likeness (QED) is 0.805. The molecule has 0 unspecified atom stereocenters. The Morgan fingerprint density at radius 3 is 2.35 bits per heavy atom. The van der Waals surface area contributed by atoms with Gasteiger partial charge in [0.25, 0.3) is 0 Å². The zero-order valence-electron chi connectivity index (χ0n) is 9.87. The average Bonchev–Trinajstić information content (AvgIpc) is 2.31. The van der Waals surface area contributed by atoms with E-state index < -0.39 is 0 Å². The van der Waals surface area contributed by atoms with Gasteiger partial charge in [0.2, 0.25) is 0 Å². The van der Waals surface area contributed by atoms with E-state index in [9.17, 15) is 0 Å². The van der Waals surface area contributed by atoms with E-state index in [1.54, 1.807) is 0 Å². The van der Waals surface area contributed by atoms with Gasteiger partial charge in [0.05, 0.1) is 16.4 Å². The molecule has 0 aromatic heterocycles. The number of nitrogens with one attached hydrogen (secondary N) is 1. The minimum atomic E-state index is 0.681. The standard InChI is InChI=1S/C14H14ClN2/c1-10-6-8-12(9-7-10)16-17-14-11(2)4-3-5-13(14)15/h3-9,17H,1-2H3. The van der Waals surface area contributed by atoms with Gasteiger partial charge in [-0.15, -0.1) is 0 Å². The first kappa shape index (κ1) is 11.8. The van der Waals surface area contributed by atoms with Crippen LogP contribution in [-0.2, 0) is 0 Å². The Bertz CT molecular complexity index is 486. The largest absolute Gasteiger partial charge is 0.276 e. The van der Waals surface area contributed by atoms with Crippen LogP contribution in [0.3, 0.4) is 0 Å². The summed E-state index contributed by atoms with van der Waals surface area (Å²) in [7, 11) is 0. The smallest absolute Gasteiger partial charge is 0.0833 e. The van der Waals surface area contributed by atoms with E-state index in [1.807, 2.05) is 49.4 Å². The lowest BCUT2D eigenvalue weighted by Crippen LogP contribution is -2.08. The molecule has 87 valence electrons. The van der Waals surface area contributed by atoms with E-state index in [1.165, 1.54) is 5.56 Å². The van der Waals surface area contributed by atoms with Crippen LogP contribution in [-0.4, -0.2) is 0 Å². The Kier molecular flexibility index (Phi) is 3.55. The Balaban J connectivity index is 2.10. The van der Waals surface area contributed by atoms with Crippen LogP contribution in [0.4, 0.5) is 11.4 Å². The molecule has 17 heavy (non-hydrogen) atoms. The average molecular weight is 246 g/mol. The Labute approximate surface area is 107 Å². The Hall–Kier alpha value is -1.67. The Morgan fingerprint density at radius 2 is 1.71 bits per heavy atom. The van der Waals surface area contributed by atoms with Gasteiger partial charge < -0.3 is 0 Å². The van der Waals surface area contributed by atoms with Gasteiger partial charge in [-0.25, -0.2) is 0 Å². The molecule has 0 saturated carbocycles. The maximum atomic E-state index is 6.10. The van der Waals surface area contributed by atoms with E-state index in [4.69, 9.17) is 11.6 Å². The second-order valence-electron chi connectivity index (χ2n) is 3.99. The molecule has 3 heteroatoms. The van der Waals surface area contributed by atoms with Crippen LogP contribution < -0.4 is 10.9 Å². The molecule has 0 spiro atoms.